The predicted octanol–water partition coefficient (Wildman–Crippen LogP) is 2.91. The van der Waals surface area contributed by atoms with Gasteiger partial charge in [0.15, 0.2) is 0 Å². The van der Waals surface area contributed by atoms with Crippen LogP contribution >= 0.6 is 11.8 Å². The van der Waals surface area contributed by atoms with E-state index in [1.165, 1.54) is 5.56 Å². The third kappa shape index (κ3) is 4.70. The largest absolute Gasteiger partial charge is 0.339 e. The zero-order valence-electron chi connectivity index (χ0n) is 15.3. The smallest absolute Gasteiger partial charge is 0.232 e. The summed E-state index contributed by atoms with van der Waals surface area (Å²) in [6.07, 6.45) is 1.97. The number of hydrogen-bond acceptors (Lipinski definition) is 4. The Labute approximate surface area is 164 Å². The molecule has 0 N–H and O–H groups in total. The van der Waals surface area contributed by atoms with E-state index in [4.69, 9.17) is 0 Å². The number of aromatic nitrogens is 2. The number of hydrogen-bond donors (Lipinski definition) is 0. The van der Waals surface area contributed by atoms with Gasteiger partial charge >= 0.3 is 0 Å². The molecule has 1 fully saturated rings. The lowest BCUT2D eigenvalue weighted by molar-refractivity contribution is -0.130. The SMILES string of the molecule is O=C(CSCc1ccccc1)N1CCN(Cc2cc3ccccn3n2)CC1. The fourth-order valence-corrected chi connectivity index (χ4v) is 4.26. The molecule has 0 aliphatic carbocycles. The maximum atomic E-state index is 12.4. The summed E-state index contributed by atoms with van der Waals surface area (Å²) in [6, 6.07) is 18.5. The second-order valence-electron chi connectivity index (χ2n) is 6.84. The first-order chi connectivity index (χ1) is 13.3. The number of fused-ring (bicyclic) bond motifs is 1. The number of piperazine rings is 1. The van der Waals surface area contributed by atoms with Gasteiger partial charge in [0.1, 0.15) is 0 Å². The van der Waals surface area contributed by atoms with Gasteiger partial charge in [-0.15, -0.1) is 11.8 Å². The van der Waals surface area contributed by atoms with Crippen LogP contribution in [0.15, 0.2) is 60.8 Å². The molecule has 4 rings (SSSR count). The molecule has 0 spiro atoms. The lowest BCUT2D eigenvalue weighted by Crippen LogP contribution is -2.48. The van der Waals surface area contributed by atoms with Crippen molar-refractivity contribution < 1.29 is 4.79 Å². The molecule has 0 atom stereocenters. The lowest BCUT2D eigenvalue weighted by atomic mass is 10.2. The topological polar surface area (TPSA) is 40.9 Å². The minimum absolute atomic E-state index is 0.253. The van der Waals surface area contributed by atoms with Crippen LogP contribution in [0.25, 0.3) is 5.52 Å². The summed E-state index contributed by atoms with van der Waals surface area (Å²) in [5.41, 5.74) is 3.48. The third-order valence-electron chi connectivity index (χ3n) is 4.87. The Morgan fingerprint density at radius 3 is 2.56 bits per heavy atom. The molecule has 2 aromatic heterocycles. The second kappa shape index (κ2) is 8.59. The monoisotopic (exact) mass is 380 g/mol. The number of thioether (sulfide) groups is 1. The predicted molar refractivity (Wildman–Crippen MR) is 110 cm³/mol. The van der Waals surface area contributed by atoms with Gasteiger partial charge in [0.2, 0.25) is 5.91 Å². The van der Waals surface area contributed by atoms with Gasteiger partial charge in [-0.25, -0.2) is 4.52 Å². The zero-order chi connectivity index (χ0) is 18.5. The fourth-order valence-electron chi connectivity index (χ4n) is 3.37. The van der Waals surface area contributed by atoms with Crippen molar-refractivity contribution in [3.05, 3.63) is 72.1 Å². The van der Waals surface area contributed by atoms with E-state index in [-0.39, 0.29) is 5.91 Å². The Balaban J connectivity index is 1.21. The maximum absolute atomic E-state index is 12.4. The molecule has 1 saturated heterocycles. The average Bonchev–Trinajstić information content (AvgIpc) is 3.11. The Morgan fingerprint density at radius 2 is 1.78 bits per heavy atom. The van der Waals surface area contributed by atoms with E-state index in [2.05, 4.69) is 34.3 Å². The minimum atomic E-state index is 0.253. The van der Waals surface area contributed by atoms with Gasteiger partial charge < -0.3 is 4.90 Å². The molecule has 1 amide bonds. The molecule has 0 radical (unpaired) electrons. The van der Waals surface area contributed by atoms with Crippen molar-refractivity contribution in [1.29, 1.82) is 0 Å². The standard InChI is InChI=1S/C21H24N4OS/c26-21(17-27-16-18-6-2-1-3-7-18)24-12-10-23(11-13-24)15-19-14-20-8-4-5-9-25(20)22-19/h1-9,14H,10-13,15-17H2. The van der Waals surface area contributed by atoms with Crippen molar-refractivity contribution in [2.45, 2.75) is 12.3 Å². The van der Waals surface area contributed by atoms with Gasteiger partial charge in [0.25, 0.3) is 0 Å². The molecule has 3 heterocycles. The Bertz CT molecular complexity index is 854. The Morgan fingerprint density at radius 1 is 1.00 bits per heavy atom. The van der Waals surface area contributed by atoms with Crippen molar-refractivity contribution in [3.63, 3.8) is 0 Å². The molecule has 3 aromatic rings. The molecule has 0 saturated carbocycles. The highest BCUT2D eigenvalue weighted by Crippen LogP contribution is 2.14. The summed E-state index contributed by atoms with van der Waals surface area (Å²) < 4.78 is 1.92. The second-order valence-corrected chi connectivity index (χ2v) is 7.83. The van der Waals surface area contributed by atoms with Crippen LogP contribution in [0, 0.1) is 0 Å². The summed E-state index contributed by atoms with van der Waals surface area (Å²) in [7, 11) is 0. The number of carbonyl (C=O) groups excluding carboxylic acids is 1. The first-order valence-electron chi connectivity index (χ1n) is 9.33. The van der Waals surface area contributed by atoms with Gasteiger partial charge in [-0.2, -0.15) is 5.10 Å². The third-order valence-corrected chi connectivity index (χ3v) is 5.86. The zero-order valence-corrected chi connectivity index (χ0v) is 16.1. The molecule has 1 aromatic carbocycles. The highest BCUT2D eigenvalue weighted by Gasteiger charge is 2.21. The van der Waals surface area contributed by atoms with Crippen LogP contribution in [0.3, 0.4) is 0 Å². The molecule has 6 heteroatoms. The van der Waals surface area contributed by atoms with E-state index >= 15 is 0 Å². The molecular formula is C21H24N4OS. The van der Waals surface area contributed by atoms with Gasteiger partial charge in [0, 0.05) is 44.7 Å². The van der Waals surface area contributed by atoms with E-state index < -0.39 is 0 Å². The number of pyridine rings is 1. The van der Waals surface area contributed by atoms with Gasteiger partial charge in [-0.1, -0.05) is 36.4 Å². The van der Waals surface area contributed by atoms with Crippen molar-refractivity contribution in [2.24, 2.45) is 0 Å². The van der Waals surface area contributed by atoms with Crippen molar-refractivity contribution in [1.82, 2.24) is 19.4 Å². The molecule has 1 aliphatic heterocycles. The van der Waals surface area contributed by atoms with Crippen LogP contribution in [0.2, 0.25) is 0 Å². The van der Waals surface area contributed by atoms with Crippen molar-refractivity contribution in [2.75, 3.05) is 31.9 Å². The highest BCUT2D eigenvalue weighted by atomic mass is 32.2. The summed E-state index contributed by atoms with van der Waals surface area (Å²) in [4.78, 5) is 16.8. The quantitative estimate of drug-likeness (QED) is 0.659. The van der Waals surface area contributed by atoms with Crippen molar-refractivity contribution in [3.8, 4) is 0 Å². The maximum Gasteiger partial charge on any atom is 0.232 e. The van der Waals surface area contributed by atoms with Gasteiger partial charge in [-0.05, 0) is 23.8 Å². The highest BCUT2D eigenvalue weighted by molar-refractivity contribution is 7.99. The molecule has 1 aliphatic rings. The van der Waals surface area contributed by atoms with Crippen LogP contribution in [0.4, 0.5) is 0 Å². The van der Waals surface area contributed by atoms with Crippen molar-refractivity contribution >= 4 is 23.2 Å². The van der Waals surface area contributed by atoms with E-state index in [0.717, 1.165) is 49.7 Å². The summed E-state index contributed by atoms with van der Waals surface area (Å²) in [5.74, 6) is 1.70. The van der Waals surface area contributed by atoms with Crippen LogP contribution in [0.5, 0.6) is 0 Å². The molecule has 27 heavy (non-hydrogen) atoms. The van der Waals surface area contributed by atoms with Crippen LogP contribution in [-0.4, -0.2) is 57.3 Å². The Hall–Kier alpha value is -2.31. The van der Waals surface area contributed by atoms with Gasteiger partial charge in [0.05, 0.1) is 17.0 Å². The summed E-state index contributed by atoms with van der Waals surface area (Å²) >= 11 is 1.70. The number of carbonyl (C=O) groups is 1. The molecule has 0 bridgehead atoms. The van der Waals surface area contributed by atoms with E-state index in [1.54, 1.807) is 11.8 Å². The minimum Gasteiger partial charge on any atom is -0.339 e. The number of amides is 1. The summed E-state index contributed by atoms with van der Waals surface area (Å²) in [5, 5.41) is 4.62. The number of benzene rings is 1. The fraction of sp³-hybridized carbons (Fsp3) is 0.333. The van der Waals surface area contributed by atoms with Crippen LogP contribution in [0.1, 0.15) is 11.3 Å². The normalized spacial score (nSPS) is 15.3. The lowest BCUT2D eigenvalue weighted by Gasteiger charge is -2.34. The molecule has 5 nitrogen and oxygen atoms in total. The Kier molecular flexibility index (Phi) is 5.75. The van der Waals surface area contributed by atoms with Gasteiger partial charge in [-0.3, -0.25) is 9.69 Å². The van der Waals surface area contributed by atoms with E-state index in [1.807, 2.05) is 45.9 Å². The van der Waals surface area contributed by atoms with E-state index in [9.17, 15) is 4.79 Å². The number of rotatable bonds is 6. The first-order valence-corrected chi connectivity index (χ1v) is 10.5. The van der Waals surface area contributed by atoms with E-state index in [0.29, 0.717) is 5.75 Å². The summed E-state index contributed by atoms with van der Waals surface area (Å²) in [6.45, 7) is 4.26. The number of nitrogens with zero attached hydrogens (tertiary/aromatic N) is 4. The molecule has 140 valence electrons. The molecule has 0 unspecified atom stereocenters. The first kappa shape index (κ1) is 18.1. The van der Waals surface area contributed by atoms with Crippen LogP contribution in [-0.2, 0) is 17.1 Å². The van der Waals surface area contributed by atoms with Crippen LogP contribution < -0.4 is 0 Å². The average molecular weight is 381 g/mol. The molecular weight excluding hydrogens is 356 g/mol.